The molecule has 0 unspecified atom stereocenters. The molecular weight excluding hydrogens is 412 g/mol. The summed E-state index contributed by atoms with van der Waals surface area (Å²) < 4.78 is 7.05. The Kier molecular flexibility index (Phi) is 6.11. The zero-order valence-electron chi connectivity index (χ0n) is 18.0. The van der Waals surface area contributed by atoms with E-state index in [0.29, 0.717) is 12.2 Å². The lowest BCUT2D eigenvalue weighted by atomic mass is 9.97. The van der Waals surface area contributed by atoms with Crippen LogP contribution in [0.15, 0.2) is 50.0 Å². The molecule has 0 fully saturated rings. The summed E-state index contributed by atoms with van der Waals surface area (Å²) in [5.74, 6) is -0.954. The number of carbonyl (C=O) groups is 1. The molecule has 0 saturated heterocycles. The lowest BCUT2D eigenvalue weighted by molar-refractivity contribution is 0.0910. The average molecular weight is 436 g/mol. The van der Waals surface area contributed by atoms with Crippen LogP contribution in [0.4, 0.5) is 0 Å². The van der Waals surface area contributed by atoms with Gasteiger partial charge < -0.3 is 9.84 Å². The van der Waals surface area contributed by atoms with Crippen LogP contribution in [0.2, 0.25) is 0 Å². The second-order valence-electron chi connectivity index (χ2n) is 7.78. The van der Waals surface area contributed by atoms with Gasteiger partial charge in [-0.1, -0.05) is 34.5 Å². The number of aryl methyl sites for hydroxylation is 1. The molecule has 3 aromatic rings. The van der Waals surface area contributed by atoms with E-state index in [1.54, 1.807) is 12.1 Å². The summed E-state index contributed by atoms with van der Waals surface area (Å²) in [6.07, 6.45) is 7.54. The Labute approximate surface area is 183 Å². The smallest absolute Gasteiger partial charge is 0.348 e. The van der Waals surface area contributed by atoms with E-state index in [1.165, 1.54) is 25.5 Å². The van der Waals surface area contributed by atoms with Gasteiger partial charge in [-0.05, 0) is 51.2 Å². The van der Waals surface area contributed by atoms with Gasteiger partial charge in [-0.15, -0.1) is 0 Å². The molecule has 0 radical (unpaired) electrons. The molecule has 1 aliphatic carbocycles. The van der Waals surface area contributed by atoms with E-state index < -0.39 is 17.2 Å². The first-order valence-corrected chi connectivity index (χ1v) is 10.5. The summed E-state index contributed by atoms with van der Waals surface area (Å²) in [5, 5.41) is 10.6. The van der Waals surface area contributed by atoms with E-state index in [0.717, 1.165) is 34.1 Å². The van der Waals surface area contributed by atoms with E-state index in [9.17, 15) is 14.4 Å². The van der Waals surface area contributed by atoms with Crippen LogP contribution >= 0.6 is 0 Å². The first kappa shape index (κ1) is 21.4. The first-order chi connectivity index (χ1) is 15.4. The minimum atomic E-state index is -0.685. The van der Waals surface area contributed by atoms with Crippen LogP contribution in [0, 0.1) is 6.92 Å². The van der Waals surface area contributed by atoms with Crippen LogP contribution in [0.3, 0.4) is 0 Å². The van der Waals surface area contributed by atoms with E-state index in [1.807, 2.05) is 19.1 Å². The van der Waals surface area contributed by atoms with E-state index in [4.69, 9.17) is 4.52 Å². The van der Waals surface area contributed by atoms with Gasteiger partial charge in [0, 0.05) is 13.6 Å². The number of benzene rings is 1. The highest BCUT2D eigenvalue weighted by Gasteiger charge is 2.21. The van der Waals surface area contributed by atoms with E-state index in [2.05, 4.69) is 26.6 Å². The number of rotatable bonds is 6. The fourth-order valence-corrected chi connectivity index (χ4v) is 3.52. The van der Waals surface area contributed by atoms with Gasteiger partial charge in [0.05, 0.1) is 5.69 Å². The van der Waals surface area contributed by atoms with E-state index in [-0.39, 0.29) is 17.4 Å². The molecular formula is C22H24N6O4. The third-order valence-corrected chi connectivity index (χ3v) is 5.40. The Balaban J connectivity index is 1.56. The number of nitrogens with zero attached hydrogens (tertiary/aromatic N) is 5. The van der Waals surface area contributed by atoms with Crippen LogP contribution in [0.1, 0.15) is 48.4 Å². The molecule has 2 aromatic heterocycles. The van der Waals surface area contributed by atoms with Gasteiger partial charge >= 0.3 is 17.5 Å². The number of aromatic nitrogens is 5. The standard InChI is InChI=1S/C22H24N6O4/c1-14-8-10-16(11-9-14)28-22(31)27(2)21(30)17(25-28)18-24-20(32-26-18)19(29)23-13-12-15-6-4-3-5-7-15/h6,8-11H,3-5,7,12-13H2,1-2H3,(H,23,29). The van der Waals surface area contributed by atoms with Crippen molar-refractivity contribution >= 4 is 5.91 Å². The number of allylic oxidation sites excluding steroid dienone is 1. The van der Waals surface area contributed by atoms with Crippen molar-refractivity contribution in [2.45, 2.75) is 39.0 Å². The predicted octanol–water partition coefficient (Wildman–Crippen LogP) is 1.91. The largest absolute Gasteiger partial charge is 0.351 e. The van der Waals surface area contributed by atoms with Gasteiger partial charge in [-0.2, -0.15) is 14.8 Å². The average Bonchev–Trinajstić information content (AvgIpc) is 3.29. The van der Waals surface area contributed by atoms with Gasteiger partial charge in [0.25, 0.3) is 5.56 Å². The van der Waals surface area contributed by atoms with Gasteiger partial charge in [-0.3, -0.25) is 14.2 Å². The lowest BCUT2D eigenvalue weighted by Crippen LogP contribution is -2.40. The molecule has 1 aliphatic rings. The maximum absolute atomic E-state index is 12.6. The van der Waals surface area contributed by atoms with Crippen molar-refractivity contribution < 1.29 is 9.32 Å². The Bertz CT molecular complexity index is 1280. The SMILES string of the molecule is Cc1ccc(-n2nc(-c3noc(C(=O)NCCC4=CCCCC4)n3)c(=O)n(C)c2=O)cc1. The molecule has 0 aliphatic heterocycles. The maximum atomic E-state index is 12.6. The Morgan fingerprint density at radius 2 is 1.97 bits per heavy atom. The van der Waals surface area contributed by atoms with Crippen molar-refractivity contribution in [3.63, 3.8) is 0 Å². The first-order valence-electron chi connectivity index (χ1n) is 10.5. The van der Waals surface area contributed by atoms with Gasteiger partial charge in [0.15, 0.2) is 5.69 Å². The second-order valence-corrected chi connectivity index (χ2v) is 7.78. The van der Waals surface area contributed by atoms with Crippen LogP contribution in [0.25, 0.3) is 17.2 Å². The minimum Gasteiger partial charge on any atom is -0.348 e. The molecule has 0 spiro atoms. The zero-order chi connectivity index (χ0) is 22.7. The number of hydrogen-bond donors (Lipinski definition) is 1. The molecule has 32 heavy (non-hydrogen) atoms. The van der Waals surface area contributed by atoms with Crippen molar-refractivity contribution in [1.29, 1.82) is 0 Å². The highest BCUT2D eigenvalue weighted by atomic mass is 16.5. The Hall–Kier alpha value is -3.82. The third-order valence-electron chi connectivity index (χ3n) is 5.40. The maximum Gasteiger partial charge on any atom is 0.351 e. The van der Waals surface area contributed by atoms with Crippen LogP contribution in [-0.2, 0) is 7.05 Å². The molecule has 10 heteroatoms. The van der Waals surface area contributed by atoms with Crippen molar-refractivity contribution in [3.8, 4) is 17.2 Å². The summed E-state index contributed by atoms with van der Waals surface area (Å²) in [7, 11) is 1.34. The fraction of sp³-hybridized carbons (Fsp3) is 0.364. The van der Waals surface area contributed by atoms with Gasteiger partial charge in [-0.25, -0.2) is 4.79 Å². The highest BCUT2D eigenvalue weighted by Crippen LogP contribution is 2.19. The summed E-state index contributed by atoms with van der Waals surface area (Å²) in [4.78, 5) is 41.6. The van der Waals surface area contributed by atoms with Crippen molar-refractivity contribution in [2.75, 3.05) is 6.54 Å². The molecule has 166 valence electrons. The Morgan fingerprint density at radius 1 is 1.19 bits per heavy atom. The molecule has 1 amide bonds. The Morgan fingerprint density at radius 3 is 2.69 bits per heavy atom. The molecule has 0 bridgehead atoms. The van der Waals surface area contributed by atoms with Crippen LogP contribution in [-0.4, -0.2) is 36.9 Å². The van der Waals surface area contributed by atoms with Crippen LogP contribution < -0.4 is 16.6 Å². The van der Waals surface area contributed by atoms with Crippen molar-refractivity contribution in [2.24, 2.45) is 7.05 Å². The molecule has 0 atom stereocenters. The fourth-order valence-electron chi connectivity index (χ4n) is 3.52. The second kappa shape index (κ2) is 9.13. The molecule has 2 heterocycles. The van der Waals surface area contributed by atoms with Gasteiger partial charge in [0.2, 0.25) is 5.82 Å². The zero-order valence-corrected chi connectivity index (χ0v) is 18.0. The third kappa shape index (κ3) is 4.43. The molecule has 4 rings (SSSR count). The summed E-state index contributed by atoms with van der Waals surface area (Å²) in [6.45, 7) is 2.38. The summed E-state index contributed by atoms with van der Waals surface area (Å²) >= 11 is 0. The normalized spacial score (nSPS) is 13.6. The van der Waals surface area contributed by atoms with E-state index >= 15 is 0 Å². The molecule has 1 aromatic carbocycles. The highest BCUT2D eigenvalue weighted by molar-refractivity contribution is 5.89. The quantitative estimate of drug-likeness (QED) is 0.585. The van der Waals surface area contributed by atoms with Gasteiger partial charge in [0.1, 0.15) is 0 Å². The monoisotopic (exact) mass is 436 g/mol. The number of nitrogens with one attached hydrogen (secondary N) is 1. The molecule has 10 nitrogen and oxygen atoms in total. The molecule has 1 N–H and O–H groups in total. The minimum absolute atomic E-state index is 0.161. The summed E-state index contributed by atoms with van der Waals surface area (Å²) in [5.41, 5.74) is 1.35. The topological polar surface area (TPSA) is 125 Å². The number of carbonyl (C=O) groups excluding carboxylic acids is 1. The molecule has 0 saturated carbocycles. The number of amides is 1. The predicted molar refractivity (Wildman–Crippen MR) is 117 cm³/mol. The number of hydrogen-bond acceptors (Lipinski definition) is 7. The lowest BCUT2D eigenvalue weighted by Gasteiger charge is -2.12. The summed E-state index contributed by atoms with van der Waals surface area (Å²) in [6, 6.07) is 7.09. The van der Waals surface area contributed by atoms with Crippen LogP contribution in [0.5, 0.6) is 0 Å². The van der Waals surface area contributed by atoms with Crippen molar-refractivity contribution in [1.82, 2.24) is 29.8 Å². The van der Waals surface area contributed by atoms with Crippen molar-refractivity contribution in [3.05, 3.63) is 68.2 Å².